The van der Waals surface area contributed by atoms with Gasteiger partial charge in [0.1, 0.15) is 5.69 Å². The fourth-order valence-corrected chi connectivity index (χ4v) is 3.64. The molecule has 3 heterocycles. The van der Waals surface area contributed by atoms with Crippen molar-refractivity contribution in [2.45, 2.75) is 59.7 Å². The number of furan rings is 1. The number of fused-ring (bicyclic) bond motifs is 1. The van der Waals surface area contributed by atoms with Crippen LogP contribution in [0, 0.1) is 0 Å². The second-order valence-electron chi connectivity index (χ2n) is 8.13. The lowest BCUT2D eigenvalue weighted by molar-refractivity contribution is 0.0941. The molecule has 3 aromatic rings. The molecule has 0 saturated heterocycles. The lowest BCUT2D eigenvalue weighted by atomic mass is 10.1. The van der Waals surface area contributed by atoms with Crippen LogP contribution in [0.4, 0.5) is 0 Å². The number of amides is 1. The highest BCUT2D eigenvalue weighted by Crippen LogP contribution is 2.26. The predicted octanol–water partition coefficient (Wildman–Crippen LogP) is 4.12. The molecule has 0 saturated carbocycles. The first-order valence-corrected chi connectivity index (χ1v) is 10.3. The van der Waals surface area contributed by atoms with Crippen molar-refractivity contribution in [2.24, 2.45) is 0 Å². The molecule has 0 unspecified atom stereocenters. The van der Waals surface area contributed by atoms with Gasteiger partial charge >= 0.3 is 0 Å². The van der Waals surface area contributed by atoms with Crippen LogP contribution in [0.1, 0.15) is 57.9 Å². The molecule has 1 amide bonds. The van der Waals surface area contributed by atoms with Crippen molar-refractivity contribution < 1.29 is 9.21 Å². The molecule has 0 aliphatic heterocycles. The molecule has 29 heavy (non-hydrogen) atoms. The van der Waals surface area contributed by atoms with Crippen LogP contribution in [0.25, 0.3) is 22.5 Å². The van der Waals surface area contributed by atoms with Gasteiger partial charge in [-0.1, -0.05) is 0 Å². The van der Waals surface area contributed by atoms with Crippen LogP contribution in [-0.2, 0) is 0 Å². The van der Waals surface area contributed by atoms with Crippen molar-refractivity contribution in [3.8, 4) is 11.5 Å². The number of rotatable bonds is 8. The average Bonchev–Trinajstić information content (AvgIpc) is 3.32. The van der Waals surface area contributed by atoms with Crippen LogP contribution in [0.3, 0.4) is 0 Å². The summed E-state index contributed by atoms with van der Waals surface area (Å²) in [5, 5.41) is 8.26. The van der Waals surface area contributed by atoms with Gasteiger partial charge in [-0.3, -0.25) is 9.69 Å². The number of hydrogen-bond donors (Lipinski definition) is 1. The van der Waals surface area contributed by atoms with E-state index in [0.29, 0.717) is 41.3 Å². The van der Waals surface area contributed by atoms with E-state index in [4.69, 9.17) is 9.40 Å². The standard InChI is InChI=1S/C22H31N5O2/c1-14(2)26(15(3)4)10-9-23-22(28)17-12-19(20-8-7-11-29-20)25-21-18(17)13-24-27(21)16(5)6/h7-8,11-16H,9-10H2,1-6H3,(H,23,28). The molecule has 0 aliphatic rings. The van der Waals surface area contributed by atoms with E-state index < -0.39 is 0 Å². The molecular weight excluding hydrogens is 366 g/mol. The van der Waals surface area contributed by atoms with Gasteiger partial charge in [-0.25, -0.2) is 9.67 Å². The van der Waals surface area contributed by atoms with Gasteiger partial charge in [-0.05, 0) is 59.7 Å². The van der Waals surface area contributed by atoms with Crippen molar-refractivity contribution in [1.82, 2.24) is 25.0 Å². The summed E-state index contributed by atoms with van der Waals surface area (Å²) in [6, 6.07) is 6.42. The highest BCUT2D eigenvalue weighted by atomic mass is 16.3. The summed E-state index contributed by atoms with van der Waals surface area (Å²) >= 11 is 0. The first kappa shape index (κ1) is 21.0. The zero-order valence-corrected chi connectivity index (χ0v) is 18.1. The molecule has 7 heteroatoms. The summed E-state index contributed by atoms with van der Waals surface area (Å²) in [4.78, 5) is 20.1. The van der Waals surface area contributed by atoms with E-state index in [1.807, 2.05) is 30.7 Å². The zero-order valence-electron chi connectivity index (χ0n) is 18.1. The number of carbonyl (C=O) groups is 1. The van der Waals surface area contributed by atoms with Crippen LogP contribution >= 0.6 is 0 Å². The summed E-state index contributed by atoms with van der Waals surface area (Å²) in [7, 11) is 0. The van der Waals surface area contributed by atoms with Gasteiger partial charge in [-0.2, -0.15) is 5.10 Å². The first-order chi connectivity index (χ1) is 13.8. The van der Waals surface area contributed by atoms with E-state index in [9.17, 15) is 4.79 Å². The molecule has 0 fully saturated rings. The summed E-state index contributed by atoms with van der Waals surface area (Å²) in [6.45, 7) is 14.1. The van der Waals surface area contributed by atoms with Gasteiger partial charge in [0, 0.05) is 31.2 Å². The minimum atomic E-state index is -0.124. The summed E-state index contributed by atoms with van der Waals surface area (Å²) in [5.74, 6) is 0.504. The maximum atomic E-state index is 13.1. The van der Waals surface area contributed by atoms with Crippen molar-refractivity contribution in [3.05, 3.63) is 36.2 Å². The Morgan fingerprint density at radius 2 is 1.93 bits per heavy atom. The summed E-state index contributed by atoms with van der Waals surface area (Å²) < 4.78 is 7.35. The Balaban J connectivity index is 1.90. The molecule has 3 rings (SSSR count). The van der Waals surface area contributed by atoms with E-state index in [0.717, 1.165) is 11.9 Å². The third-order valence-corrected chi connectivity index (χ3v) is 5.06. The Labute approximate surface area is 172 Å². The first-order valence-electron chi connectivity index (χ1n) is 10.3. The molecule has 0 spiro atoms. The summed E-state index contributed by atoms with van der Waals surface area (Å²) in [6.07, 6.45) is 3.32. The van der Waals surface area contributed by atoms with Gasteiger partial charge in [0.2, 0.25) is 0 Å². The van der Waals surface area contributed by atoms with E-state index in [2.05, 4.69) is 43.0 Å². The fourth-order valence-electron chi connectivity index (χ4n) is 3.64. The minimum Gasteiger partial charge on any atom is -0.463 e. The number of carbonyl (C=O) groups excluding carboxylic acids is 1. The number of aromatic nitrogens is 3. The van der Waals surface area contributed by atoms with E-state index >= 15 is 0 Å². The Morgan fingerprint density at radius 3 is 2.52 bits per heavy atom. The number of hydrogen-bond acceptors (Lipinski definition) is 5. The lowest BCUT2D eigenvalue weighted by Crippen LogP contribution is -2.42. The third-order valence-electron chi connectivity index (χ3n) is 5.06. The molecule has 0 aliphatic carbocycles. The van der Waals surface area contributed by atoms with Crippen LogP contribution < -0.4 is 5.32 Å². The maximum Gasteiger partial charge on any atom is 0.252 e. The van der Waals surface area contributed by atoms with Gasteiger partial charge in [0.05, 0.1) is 23.4 Å². The molecule has 0 radical (unpaired) electrons. The molecule has 1 N–H and O–H groups in total. The van der Waals surface area contributed by atoms with Crippen LogP contribution in [-0.4, -0.2) is 50.7 Å². The molecule has 3 aromatic heterocycles. The summed E-state index contributed by atoms with van der Waals surface area (Å²) in [5.41, 5.74) is 1.88. The van der Waals surface area contributed by atoms with E-state index in [-0.39, 0.29) is 11.9 Å². The zero-order chi connectivity index (χ0) is 21.1. The maximum absolute atomic E-state index is 13.1. The van der Waals surface area contributed by atoms with Crippen LogP contribution in [0.5, 0.6) is 0 Å². The molecule has 0 bridgehead atoms. The van der Waals surface area contributed by atoms with Crippen molar-refractivity contribution >= 4 is 16.9 Å². The van der Waals surface area contributed by atoms with Gasteiger partial charge < -0.3 is 9.73 Å². The normalized spacial score (nSPS) is 12.1. The Hall–Kier alpha value is -2.67. The van der Waals surface area contributed by atoms with Crippen molar-refractivity contribution in [3.63, 3.8) is 0 Å². The minimum absolute atomic E-state index is 0.124. The SMILES string of the molecule is CC(C)N(CCNC(=O)c1cc(-c2ccco2)nc2c1cnn2C(C)C)C(C)C. The largest absolute Gasteiger partial charge is 0.463 e. The topological polar surface area (TPSA) is 76.2 Å². The van der Waals surface area contributed by atoms with Crippen LogP contribution in [0.2, 0.25) is 0 Å². The molecule has 0 atom stereocenters. The van der Waals surface area contributed by atoms with Crippen LogP contribution in [0.15, 0.2) is 35.1 Å². The molecule has 156 valence electrons. The number of pyridine rings is 1. The van der Waals surface area contributed by atoms with Crippen molar-refractivity contribution in [1.29, 1.82) is 0 Å². The third kappa shape index (κ3) is 4.50. The molecule has 0 aromatic carbocycles. The molecule has 7 nitrogen and oxygen atoms in total. The van der Waals surface area contributed by atoms with E-state index in [1.54, 1.807) is 18.5 Å². The highest BCUT2D eigenvalue weighted by Gasteiger charge is 2.20. The van der Waals surface area contributed by atoms with Gasteiger partial charge in [0.25, 0.3) is 5.91 Å². The monoisotopic (exact) mass is 397 g/mol. The second-order valence-corrected chi connectivity index (χ2v) is 8.13. The van der Waals surface area contributed by atoms with Crippen molar-refractivity contribution in [2.75, 3.05) is 13.1 Å². The Bertz CT molecular complexity index is 949. The average molecular weight is 398 g/mol. The number of nitrogens with one attached hydrogen (secondary N) is 1. The Kier molecular flexibility index (Phi) is 6.37. The molecular formula is C22H31N5O2. The Morgan fingerprint density at radius 1 is 1.21 bits per heavy atom. The number of nitrogens with zero attached hydrogens (tertiary/aromatic N) is 4. The van der Waals surface area contributed by atoms with E-state index in [1.165, 1.54) is 0 Å². The fraction of sp³-hybridized carbons (Fsp3) is 0.500. The highest BCUT2D eigenvalue weighted by molar-refractivity contribution is 6.06. The second kappa shape index (κ2) is 8.78. The quantitative estimate of drug-likeness (QED) is 0.619. The van der Waals surface area contributed by atoms with Gasteiger partial charge in [0.15, 0.2) is 11.4 Å². The lowest BCUT2D eigenvalue weighted by Gasteiger charge is -2.30. The van der Waals surface area contributed by atoms with Gasteiger partial charge in [-0.15, -0.1) is 0 Å². The predicted molar refractivity (Wildman–Crippen MR) is 115 cm³/mol. The smallest absolute Gasteiger partial charge is 0.252 e.